The Morgan fingerprint density at radius 3 is 2.33 bits per heavy atom. The molecule has 0 radical (unpaired) electrons. The third-order valence-corrected chi connectivity index (χ3v) is 6.59. The van der Waals surface area contributed by atoms with Gasteiger partial charge >= 0.3 is 6.03 Å². The molecule has 1 heterocycles. The van der Waals surface area contributed by atoms with Crippen molar-refractivity contribution < 1.29 is 19.2 Å². The maximum Gasteiger partial charge on any atom is 0.319 e. The Hall–Kier alpha value is -3.80. The monoisotopic (exact) mass is 570 g/mol. The number of imidazole rings is 1. The first-order chi connectivity index (χ1) is 18.6. The van der Waals surface area contributed by atoms with Crippen LogP contribution in [-0.4, -0.2) is 44.6 Å². The maximum atomic E-state index is 13.5. The minimum Gasteiger partial charge on any atom is -0.496 e. The Morgan fingerprint density at radius 1 is 1.07 bits per heavy atom. The molecule has 11 nitrogen and oxygen atoms in total. The number of non-ortho nitro benzene ring substituents is 1. The van der Waals surface area contributed by atoms with Crippen LogP contribution in [0.1, 0.15) is 70.8 Å². The van der Waals surface area contributed by atoms with E-state index in [4.69, 9.17) is 9.72 Å². The lowest BCUT2D eigenvalue weighted by Crippen LogP contribution is -2.43. The molecule has 3 amide bonds. The molecule has 0 spiro atoms. The van der Waals surface area contributed by atoms with Crippen molar-refractivity contribution in [3.8, 4) is 5.75 Å². The zero-order valence-corrected chi connectivity index (χ0v) is 25.1. The van der Waals surface area contributed by atoms with Gasteiger partial charge in [0.25, 0.3) is 11.6 Å². The molecule has 0 aliphatic heterocycles. The Labute approximate surface area is 238 Å². The molecule has 3 N–H and O–H groups in total. The van der Waals surface area contributed by atoms with Gasteiger partial charge in [-0.1, -0.05) is 18.7 Å². The number of urea groups is 1. The molecule has 3 rings (SSSR count). The Morgan fingerprint density at radius 2 is 1.75 bits per heavy atom. The standard InChI is InChI=1S/C28H38N6O5S/c1-9-12-33-23-20(24(35)31-27(2,3)4)14-18(29-25(36)32-28(5,6)7)15-21(23)30-26(33)40-16-17-13-19(34(37)38)10-11-22(17)39-8/h10-11,13-15H,9,12,16H2,1-8H3,(H,31,35)(H2,29,32,36). The number of fused-ring (bicyclic) bond motifs is 1. The molecule has 0 saturated carbocycles. The topological polar surface area (TPSA) is 140 Å². The van der Waals surface area contributed by atoms with Crippen molar-refractivity contribution in [2.24, 2.45) is 0 Å². The molecule has 0 unspecified atom stereocenters. The second-order valence-electron chi connectivity index (χ2n) is 11.5. The fourth-order valence-corrected chi connectivity index (χ4v) is 5.09. The number of aryl methyl sites for hydroxylation is 1. The number of nitrogens with zero attached hydrogens (tertiary/aromatic N) is 3. The van der Waals surface area contributed by atoms with Crippen molar-refractivity contribution >= 4 is 46.1 Å². The lowest BCUT2D eigenvalue weighted by Gasteiger charge is -2.22. The number of carbonyl (C=O) groups excluding carboxylic acids is 2. The van der Waals surface area contributed by atoms with Gasteiger partial charge in [-0.15, -0.1) is 0 Å². The molecule has 0 aliphatic rings. The highest BCUT2D eigenvalue weighted by molar-refractivity contribution is 7.98. The third-order valence-electron chi connectivity index (χ3n) is 5.57. The second-order valence-corrected chi connectivity index (χ2v) is 12.5. The summed E-state index contributed by atoms with van der Waals surface area (Å²) in [4.78, 5) is 41.9. The molecule has 2 aromatic carbocycles. The SMILES string of the molecule is CCCn1c(SCc2cc([N+](=O)[O-])ccc2OC)nc2cc(NC(=O)NC(C)(C)C)cc(C(=O)NC(C)(C)C)c21. The normalized spacial score (nSPS) is 11.8. The van der Waals surface area contributed by atoms with E-state index in [1.54, 1.807) is 18.2 Å². The van der Waals surface area contributed by atoms with Crippen LogP contribution < -0.4 is 20.7 Å². The summed E-state index contributed by atoms with van der Waals surface area (Å²) in [5, 5.41) is 20.7. The van der Waals surface area contributed by atoms with E-state index in [0.29, 0.717) is 51.1 Å². The predicted molar refractivity (Wildman–Crippen MR) is 158 cm³/mol. The van der Waals surface area contributed by atoms with Crippen molar-refractivity contribution in [1.29, 1.82) is 0 Å². The number of benzene rings is 2. The number of carbonyl (C=O) groups is 2. The van der Waals surface area contributed by atoms with Gasteiger partial charge in [0.05, 0.1) is 28.6 Å². The summed E-state index contributed by atoms with van der Waals surface area (Å²) in [5.74, 6) is 0.616. The van der Waals surface area contributed by atoms with E-state index in [0.717, 1.165) is 6.42 Å². The highest BCUT2D eigenvalue weighted by atomic mass is 32.2. The summed E-state index contributed by atoms with van der Waals surface area (Å²) in [6, 6.07) is 7.50. The molecule has 216 valence electrons. The summed E-state index contributed by atoms with van der Waals surface area (Å²) in [6.07, 6.45) is 0.785. The summed E-state index contributed by atoms with van der Waals surface area (Å²) in [6.45, 7) is 14.0. The molecular weight excluding hydrogens is 532 g/mol. The van der Waals surface area contributed by atoms with Crippen LogP contribution in [0.5, 0.6) is 5.75 Å². The molecule has 0 bridgehead atoms. The van der Waals surface area contributed by atoms with Crippen LogP contribution in [0.2, 0.25) is 0 Å². The van der Waals surface area contributed by atoms with E-state index in [9.17, 15) is 19.7 Å². The molecule has 12 heteroatoms. The Bertz CT molecular complexity index is 1420. The molecule has 0 saturated heterocycles. The number of hydrogen-bond acceptors (Lipinski definition) is 7. The van der Waals surface area contributed by atoms with E-state index < -0.39 is 22.0 Å². The lowest BCUT2D eigenvalue weighted by molar-refractivity contribution is -0.384. The summed E-state index contributed by atoms with van der Waals surface area (Å²) >= 11 is 1.39. The Kier molecular flexibility index (Phi) is 9.34. The summed E-state index contributed by atoms with van der Waals surface area (Å²) < 4.78 is 7.41. The minimum absolute atomic E-state index is 0.0242. The number of nitro groups is 1. The van der Waals surface area contributed by atoms with Gasteiger partial charge in [0.2, 0.25) is 0 Å². The van der Waals surface area contributed by atoms with Gasteiger partial charge in [-0.25, -0.2) is 9.78 Å². The molecule has 0 atom stereocenters. The average Bonchev–Trinajstić information content (AvgIpc) is 3.16. The van der Waals surface area contributed by atoms with Crippen molar-refractivity contribution in [2.75, 3.05) is 12.4 Å². The van der Waals surface area contributed by atoms with E-state index in [1.165, 1.54) is 31.0 Å². The smallest absolute Gasteiger partial charge is 0.319 e. The summed E-state index contributed by atoms with van der Waals surface area (Å²) in [7, 11) is 1.52. The fourth-order valence-electron chi connectivity index (χ4n) is 4.08. The van der Waals surface area contributed by atoms with E-state index in [2.05, 4.69) is 16.0 Å². The van der Waals surface area contributed by atoms with Gasteiger partial charge in [-0.05, 0) is 66.2 Å². The highest BCUT2D eigenvalue weighted by Gasteiger charge is 2.24. The highest BCUT2D eigenvalue weighted by Crippen LogP contribution is 2.34. The van der Waals surface area contributed by atoms with Crippen LogP contribution >= 0.6 is 11.8 Å². The molecule has 3 aromatic rings. The number of ether oxygens (including phenoxy) is 1. The van der Waals surface area contributed by atoms with Crippen LogP contribution in [0.15, 0.2) is 35.5 Å². The third kappa shape index (κ3) is 7.87. The maximum absolute atomic E-state index is 13.5. The van der Waals surface area contributed by atoms with Gasteiger partial charge in [0.1, 0.15) is 5.75 Å². The first-order valence-corrected chi connectivity index (χ1v) is 14.0. The minimum atomic E-state index is -0.484. The zero-order valence-electron chi connectivity index (χ0n) is 24.3. The largest absolute Gasteiger partial charge is 0.496 e. The predicted octanol–water partition coefficient (Wildman–Crippen LogP) is 6.10. The van der Waals surface area contributed by atoms with Gasteiger partial charge in [0.15, 0.2) is 5.16 Å². The van der Waals surface area contributed by atoms with Crippen LogP contribution in [0.25, 0.3) is 11.0 Å². The number of amides is 3. The number of nitro benzene ring substituents is 1. The zero-order chi connectivity index (χ0) is 29.8. The van der Waals surface area contributed by atoms with Crippen molar-refractivity contribution in [3.63, 3.8) is 0 Å². The number of rotatable bonds is 9. The first kappa shape index (κ1) is 30.7. The van der Waals surface area contributed by atoms with Crippen molar-refractivity contribution in [3.05, 3.63) is 51.6 Å². The molecule has 0 fully saturated rings. The number of hydrogen-bond donors (Lipinski definition) is 3. The van der Waals surface area contributed by atoms with Gasteiger partial charge in [0, 0.05) is 46.8 Å². The van der Waals surface area contributed by atoms with E-state index >= 15 is 0 Å². The van der Waals surface area contributed by atoms with Gasteiger partial charge in [-0.2, -0.15) is 0 Å². The lowest BCUT2D eigenvalue weighted by atomic mass is 10.1. The average molecular weight is 571 g/mol. The second kappa shape index (κ2) is 12.2. The van der Waals surface area contributed by atoms with Crippen molar-refractivity contribution in [1.82, 2.24) is 20.2 Å². The summed E-state index contributed by atoms with van der Waals surface area (Å²) in [5.41, 5.74) is 1.73. The van der Waals surface area contributed by atoms with Crippen LogP contribution in [0, 0.1) is 10.1 Å². The molecular formula is C28H38N6O5S. The molecule has 40 heavy (non-hydrogen) atoms. The first-order valence-electron chi connectivity index (χ1n) is 13.0. The van der Waals surface area contributed by atoms with Crippen LogP contribution in [0.3, 0.4) is 0 Å². The van der Waals surface area contributed by atoms with Crippen molar-refractivity contribution in [2.45, 2.75) is 83.4 Å². The number of thioether (sulfide) groups is 1. The molecule has 0 aliphatic carbocycles. The Balaban J connectivity index is 2.10. The van der Waals surface area contributed by atoms with Crippen LogP contribution in [0.4, 0.5) is 16.2 Å². The van der Waals surface area contributed by atoms with Gasteiger partial charge in [-0.3, -0.25) is 14.9 Å². The number of anilines is 1. The van der Waals surface area contributed by atoms with Gasteiger partial charge < -0.3 is 25.3 Å². The van der Waals surface area contributed by atoms with E-state index in [-0.39, 0.29) is 11.6 Å². The fraction of sp³-hybridized carbons (Fsp3) is 0.464. The number of aromatic nitrogens is 2. The van der Waals surface area contributed by atoms with Crippen LogP contribution in [-0.2, 0) is 12.3 Å². The quantitative estimate of drug-likeness (QED) is 0.160. The number of nitrogens with one attached hydrogen (secondary N) is 3. The number of methoxy groups -OCH3 is 1. The molecule has 1 aromatic heterocycles. The van der Waals surface area contributed by atoms with E-state index in [1.807, 2.05) is 53.0 Å².